The fourth-order valence-corrected chi connectivity index (χ4v) is 2.90. The molecule has 0 spiro atoms. The molecule has 0 aromatic heterocycles. The third kappa shape index (κ3) is 17.0. The summed E-state index contributed by atoms with van der Waals surface area (Å²) in [7, 11) is -1.44. The zero-order valence-electron chi connectivity index (χ0n) is 17.5. The minimum Gasteiger partial charge on any atom is -0.463 e. The molecule has 0 radical (unpaired) electrons. The highest BCUT2D eigenvalue weighted by Gasteiger charge is 2.17. The van der Waals surface area contributed by atoms with E-state index in [0.717, 1.165) is 25.7 Å². The van der Waals surface area contributed by atoms with Gasteiger partial charge in [-0.2, -0.15) is 0 Å². The maximum atomic E-state index is 11.9. The average Bonchev–Trinajstić information content (AvgIpc) is 2.58. The van der Waals surface area contributed by atoms with E-state index in [0.29, 0.717) is 52.9 Å². The maximum Gasteiger partial charge on any atom is 0.308 e. The molecule has 0 rings (SSSR count). The third-order valence-corrected chi connectivity index (χ3v) is 4.78. The Kier molecular flexibility index (Phi) is 16.4. The van der Waals surface area contributed by atoms with Gasteiger partial charge < -0.3 is 23.4 Å². The summed E-state index contributed by atoms with van der Waals surface area (Å²) in [4.78, 5) is 11.9. The summed E-state index contributed by atoms with van der Waals surface area (Å²) in [5.74, 6) is -0.0783. The maximum absolute atomic E-state index is 11.9. The monoisotopic (exact) mass is 392 g/mol. The number of esters is 1. The van der Waals surface area contributed by atoms with Gasteiger partial charge in [-0.25, -0.2) is 0 Å². The molecule has 26 heavy (non-hydrogen) atoms. The van der Waals surface area contributed by atoms with Crippen LogP contribution in [0.5, 0.6) is 0 Å². The lowest BCUT2D eigenvalue weighted by Gasteiger charge is -2.16. The first-order valence-electron chi connectivity index (χ1n) is 9.94. The molecule has 6 nitrogen and oxygen atoms in total. The van der Waals surface area contributed by atoms with Crippen LogP contribution in [0, 0.1) is 5.92 Å². The summed E-state index contributed by atoms with van der Waals surface area (Å²) in [5, 5.41) is 0. The Hall–Kier alpha value is -0.473. The zero-order valence-corrected chi connectivity index (χ0v) is 18.5. The number of ether oxygens (including phenoxy) is 4. The fourth-order valence-electron chi connectivity index (χ4n) is 2.21. The van der Waals surface area contributed by atoms with Crippen molar-refractivity contribution in [2.24, 2.45) is 5.92 Å². The number of carbonyl (C=O) groups excluding carboxylic acids is 1. The van der Waals surface area contributed by atoms with E-state index in [4.69, 9.17) is 23.4 Å². The summed E-state index contributed by atoms with van der Waals surface area (Å²) in [6.07, 6.45) is 3.91. The Balaban J connectivity index is 3.34. The molecule has 0 amide bonds. The zero-order chi connectivity index (χ0) is 19.7. The first-order chi connectivity index (χ1) is 12.4. The Labute approximate surface area is 161 Å². The van der Waals surface area contributed by atoms with Crippen LogP contribution in [0.2, 0.25) is 19.6 Å². The number of unbranched alkanes of at least 4 members (excludes halogenated alkanes) is 1. The Morgan fingerprint density at radius 3 is 1.77 bits per heavy atom. The summed E-state index contributed by atoms with van der Waals surface area (Å²) in [5.41, 5.74) is 0. The smallest absolute Gasteiger partial charge is 0.308 e. The minimum absolute atomic E-state index is 0.0226. The largest absolute Gasteiger partial charge is 0.463 e. The molecule has 1 atom stereocenters. The molecule has 0 fully saturated rings. The molecule has 0 aliphatic heterocycles. The Morgan fingerprint density at radius 2 is 1.31 bits per heavy atom. The molecular formula is C19H40O6Si. The second kappa shape index (κ2) is 16.7. The molecule has 1 unspecified atom stereocenters. The van der Waals surface area contributed by atoms with Gasteiger partial charge in [0.1, 0.15) is 6.61 Å². The van der Waals surface area contributed by atoms with E-state index in [2.05, 4.69) is 26.6 Å². The molecule has 0 saturated carbocycles. The van der Waals surface area contributed by atoms with Gasteiger partial charge in [0.2, 0.25) is 0 Å². The third-order valence-electron chi connectivity index (χ3n) is 3.71. The molecule has 156 valence electrons. The van der Waals surface area contributed by atoms with Crippen molar-refractivity contribution in [3.05, 3.63) is 0 Å². The summed E-state index contributed by atoms with van der Waals surface area (Å²) >= 11 is 0. The van der Waals surface area contributed by atoms with Gasteiger partial charge in [0, 0.05) is 0 Å². The van der Waals surface area contributed by atoms with Crippen LogP contribution in [0.1, 0.15) is 39.5 Å². The Bertz CT molecular complexity index is 332. The van der Waals surface area contributed by atoms with Crippen LogP contribution in [0.25, 0.3) is 0 Å². The van der Waals surface area contributed by atoms with Crippen molar-refractivity contribution in [2.75, 3.05) is 52.9 Å². The van der Waals surface area contributed by atoms with Crippen LogP contribution in [0.3, 0.4) is 0 Å². The molecular weight excluding hydrogens is 352 g/mol. The molecule has 7 heteroatoms. The van der Waals surface area contributed by atoms with E-state index in [1.54, 1.807) is 0 Å². The molecule has 0 aromatic carbocycles. The standard InChI is InChI=1S/C19H40O6Si/c1-6-8-9-18(7-2)19(20)24-16-14-22-12-10-21-11-13-23-15-17-25-26(3,4)5/h18H,6-17H2,1-5H3. The number of hydrogen-bond donors (Lipinski definition) is 0. The second-order valence-corrected chi connectivity index (χ2v) is 11.7. The van der Waals surface area contributed by atoms with E-state index in [1.807, 2.05) is 6.92 Å². The molecule has 0 saturated heterocycles. The van der Waals surface area contributed by atoms with Crippen molar-refractivity contribution in [1.29, 1.82) is 0 Å². The van der Waals surface area contributed by atoms with Gasteiger partial charge in [-0.05, 0) is 32.5 Å². The van der Waals surface area contributed by atoms with Crippen molar-refractivity contribution in [2.45, 2.75) is 59.2 Å². The lowest BCUT2D eigenvalue weighted by Crippen LogP contribution is -2.27. The van der Waals surface area contributed by atoms with E-state index in [9.17, 15) is 4.79 Å². The number of rotatable bonds is 18. The van der Waals surface area contributed by atoms with E-state index >= 15 is 0 Å². The molecule has 0 bridgehead atoms. The molecule has 0 aromatic rings. The van der Waals surface area contributed by atoms with Gasteiger partial charge in [0.25, 0.3) is 0 Å². The highest BCUT2D eigenvalue weighted by atomic mass is 28.4. The first-order valence-corrected chi connectivity index (χ1v) is 13.3. The van der Waals surface area contributed by atoms with Crippen molar-refractivity contribution in [3.8, 4) is 0 Å². The van der Waals surface area contributed by atoms with Crippen LogP contribution in [-0.4, -0.2) is 67.1 Å². The lowest BCUT2D eigenvalue weighted by atomic mass is 10.00. The van der Waals surface area contributed by atoms with E-state index in [1.165, 1.54) is 0 Å². The van der Waals surface area contributed by atoms with Crippen LogP contribution in [-0.2, 0) is 28.2 Å². The SMILES string of the molecule is CCCCC(CC)C(=O)OCCOCCOCCOCCO[Si](C)(C)C. The fraction of sp³-hybridized carbons (Fsp3) is 0.947. The highest BCUT2D eigenvalue weighted by molar-refractivity contribution is 6.69. The molecule has 0 N–H and O–H groups in total. The van der Waals surface area contributed by atoms with Gasteiger partial charge in [-0.1, -0.05) is 26.7 Å². The van der Waals surface area contributed by atoms with Gasteiger partial charge >= 0.3 is 5.97 Å². The van der Waals surface area contributed by atoms with Crippen LogP contribution < -0.4 is 0 Å². The minimum atomic E-state index is -1.44. The second-order valence-electron chi connectivity index (χ2n) is 7.21. The molecule has 0 heterocycles. The molecule has 0 aliphatic rings. The predicted molar refractivity (Wildman–Crippen MR) is 106 cm³/mol. The highest BCUT2D eigenvalue weighted by Crippen LogP contribution is 2.14. The van der Waals surface area contributed by atoms with E-state index < -0.39 is 8.32 Å². The molecule has 0 aliphatic carbocycles. The predicted octanol–water partition coefficient (Wildman–Crippen LogP) is 3.65. The van der Waals surface area contributed by atoms with Crippen LogP contribution in [0.15, 0.2) is 0 Å². The summed E-state index contributed by atoms with van der Waals surface area (Å²) < 4.78 is 27.2. The van der Waals surface area contributed by atoms with Crippen molar-refractivity contribution >= 4 is 14.3 Å². The normalized spacial score (nSPS) is 13.0. The van der Waals surface area contributed by atoms with Gasteiger partial charge in [0.15, 0.2) is 8.32 Å². The lowest BCUT2D eigenvalue weighted by molar-refractivity contribution is -0.150. The summed E-state index contributed by atoms with van der Waals surface area (Å²) in [6.45, 7) is 14.7. The van der Waals surface area contributed by atoms with Gasteiger partial charge in [0.05, 0.1) is 52.2 Å². The number of hydrogen-bond acceptors (Lipinski definition) is 6. The first kappa shape index (κ1) is 25.5. The average molecular weight is 393 g/mol. The Morgan fingerprint density at radius 1 is 0.808 bits per heavy atom. The van der Waals surface area contributed by atoms with Crippen molar-refractivity contribution in [3.63, 3.8) is 0 Å². The number of carbonyl (C=O) groups is 1. The quantitative estimate of drug-likeness (QED) is 0.202. The summed E-state index contributed by atoms with van der Waals surface area (Å²) in [6, 6.07) is 0. The van der Waals surface area contributed by atoms with Crippen molar-refractivity contribution < 1.29 is 28.2 Å². The van der Waals surface area contributed by atoms with Gasteiger partial charge in [-0.15, -0.1) is 0 Å². The van der Waals surface area contributed by atoms with Crippen LogP contribution in [0.4, 0.5) is 0 Å². The topological polar surface area (TPSA) is 63.2 Å². The van der Waals surface area contributed by atoms with Crippen LogP contribution >= 0.6 is 0 Å². The van der Waals surface area contributed by atoms with Gasteiger partial charge in [-0.3, -0.25) is 4.79 Å². The van der Waals surface area contributed by atoms with Crippen molar-refractivity contribution in [1.82, 2.24) is 0 Å². The van der Waals surface area contributed by atoms with E-state index in [-0.39, 0.29) is 11.9 Å².